The molecule has 2 nitrogen and oxygen atoms in total. The Morgan fingerprint density at radius 2 is 1.81 bits per heavy atom. The van der Waals surface area contributed by atoms with Gasteiger partial charge >= 0.3 is 0 Å². The highest BCUT2D eigenvalue weighted by Gasteiger charge is 2.03. The minimum absolute atomic E-state index is 0.211. The Hall–Kier alpha value is -1.31. The van der Waals surface area contributed by atoms with E-state index in [1.165, 1.54) is 0 Å². The smallest absolute Gasteiger partial charge is 0.162 e. The van der Waals surface area contributed by atoms with Crippen LogP contribution in [0, 0.1) is 0 Å². The zero-order valence-corrected chi connectivity index (χ0v) is 10.2. The lowest BCUT2D eigenvalue weighted by atomic mass is 10.1. The third-order valence-electron chi connectivity index (χ3n) is 2.42. The van der Waals surface area contributed by atoms with Crippen molar-refractivity contribution in [2.45, 2.75) is 39.5 Å². The van der Waals surface area contributed by atoms with Crippen LogP contribution in [0.25, 0.3) is 0 Å². The van der Waals surface area contributed by atoms with E-state index >= 15 is 0 Å². The molecular formula is C14H20O2. The second-order valence-electron chi connectivity index (χ2n) is 3.90. The van der Waals surface area contributed by atoms with Crippen LogP contribution in [-0.2, 0) is 0 Å². The van der Waals surface area contributed by atoms with Crippen LogP contribution in [0.4, 0.5) is 0 Å². The van der Waals surface area contributed by atoms with Gasteiger partial charge in [0, 0.05) is 12.0 Å². The van der Waals surface area contributed by atoms with E-state index in [2.05, 4.69) is 6.92 Å². The van der Waals surface area contributed by atoms with Gasteiger partial charge in [0.1, 0.15) is 5.75 Å². The molecule has 1 rings (SSSR count). The van der Waals surface area contributed by atoms with Gasteiger partial charge in [-0.3, -0.25) is 4.79 Å². The van der Waals surface area contributed by atoms with Crippen LogP contribution in [0.2, 0.25) is 0 Å². The highest BCUT2D eigenvalue weighted by Crippen LogP contribution is 2.14. The summed E-state index contributed by atoms with van der Waals surface area (Å²) in [6.45, 7) is 4.90. The van der Waals surface area contributed by atoms with Gasteiger partial charge < -0.3 is 4.74 Å². The minimum Gasteiger partial charge on any atom is -0.494 e. The average molecular weight is 220 g/mol. The third kappa shape index (κ3) is 4.05. The van der Waals surface area contributed by atoms with Gasteiger partial charge in [-0.25, -0.2) is 0 Å². The van der Waals surface area contributed by atoms with Crippen LogP contribution in [0.3, 0.4) is 0 Å². The number of benzene rings is 1. The fourth-order valence-electron chi connectivity index (χ4n) is 1.44. The van der Waals surface area contributed by atoms with E-state index in [0.29, 0.717) is 6.42 Å². The number of ketones is 1. The summed E-state index contributed by atoms with van der Waals surface area (Å²) < 4.78 is 5.53. The van der Waals surface area contributed by atoms with Crippen LogP contribution in [0.1, 0.15) is 49.9 Å². The molecule has 0 unspecified atom stereocenters. The maximum atomic E-state index is 11.6. The highest BCUT2D eigenvalue weighted by atomic mass is 16.5. The lowest BCUT2D eigenvalue weighted by molar-refractivity contribution is 0.0981. The van der Waals surface area contributed by atoms with Crippen LogP contribution < -0.4 is 4.74 Å². The first-order valence-corrected chi connectivity index (χ1v) is 6.04. The van der Waals surface area contributed by atoms with Gasteiger partial charge in [0.2, 0.25) is 0 Å². The van der Waals surface area contributed by atoms with Gasteiger partial charge in [-0.15, -0.1) is 0 Å². The van der Waals surface area contributed by atoms with Gasteiger partial charge in [0.05, 0.1) is 6.61 Å². The lowest BCUT2D eigenvalue weighted by Crippen LogP contribution is -1.99. The molecule has 0 radical (unpaired) electrons. The first kappa shape index (κ1) is 12.8. The number of rotatable bonds is 7. The predicted octanol–water partition coefficient (Wildman–Crippen LogP) is 3.85. The molecule has 0 saturated carbocycles. The van der Waals surface area contributed by atoms with Crippen LogP contribution in [-0.4, -0.2) is 12.4 Å². The molecule has 0 saturated heterocycles. The van der Waals surface area contributed by atoms with E-state index in [1.807, 2.05) is 31.2 Å². The standard InChI is InChI=1S/C14H20O2/c1-3-5-11-16-13-9-7-12(8-10-13)14(15)6-4-2/h7-10H,3-6,11H2,1-2H3. The van der Waals surface area contributed by atoms with E-state index in [-0.39, 0.29) is 5.78 Å². The first-order chi connectivity index (χ1) is 7.77. The Labute approximate surface area is 97.6 Å². The molecule has 0 aliphatic heterocycles. The van der Waals surface area contributed by atoms with Gasteiger partial charge in [-0.1, -0.05) is 20.3 Å². The van der Waals surface area contributed by atoms with E-state index in [4.69, 9.17) is 4.74 Å². The molecule has 0 bridgehead atoms. The highest BCUT2D eigenvalue weighted by molar-refractivity contribution is 5.96. The Morgan fingerprint density at radius 3 is 2.38 bits per heavy atom. The van der Waals surface area contributed by atoms with Gasteiger partial charge in [0.15, 0.2) is 5.78 Å². The monoisotopic (exact) mass is 220 g/mol. The van der Waals surface area contributed by atoms with Crippen molar-refractivity contribution in [2.75, 3.05) is 6.61 Å². The van der Waals surface area contributed by atoms with Gasteiger partial charge in [0.25, 0.3) is 0 Å². The number of carbonyl (C=O) groups excluding carboxylic acids is 1. The number of Topliss-reactive ketones (excluding diaryl/α,β-unsaturated/α-hetero) is 1. The summed E-state index contributed by atoms with van der Waals surface area (Å²) in [5.74, 6) is 1.06. The second-order valence-corrected chi connectivity index (χ2v) is 3.90. The fraction of sp³-hybridized carbons (Fsp3) is 0.500. The normalized spacial score (nSPS) is 10.1. The summed E-state index contributed by atoms with van der Waals surface area (Å²) in [7, 11) is 0. The molecule has 0 fully saturated rings. The quantitative estimate of drug-likeness (QED) is 0.515. The summed E-state index contributed by atoms with van der Waals surface area (Å²) in [6.07, 6.45) is 3.72. The molecule has 16 heavy (non-hydrogen) atoms. The van der Waals surface area contributed by atoms with Crippen molar-refractivity contribution in [1.29, 1.82) is 0 Å². The average Bonchev–Trinajstić information content (AvgIpc) is 2.30. The Bertz CT molecular complexity index is 314. The van der Waals surface area contributed by atoms with Crippen LogP contribution >= 0.6 is 0 Å². The predicted molar refractivity (Wildman–Crippen MR) is 66.1 cm³/mol. The molecule has 0 aliphatic rings. The number of hydrogen-bond donors (Lipinski definition) is 0. The van der Waals surface area contributed by atoms with Gasteiger partial charge in [-0.2, -0.15) is 0 Å². The van der Waals surface area contributed by atoms with Crippen molar-refractivity contribution >= 4 is 5.78 Å². The minimum atomic E-state index is 0.211. The van der Waals surface area contributed by atoms with Crippen molar-refractivity contribution in [3.63, 3.8) is 0 Å². The summed E-state index contributed by atoms with van der Waals surface area (Å²) in [4.78, 5) is 11.6. The van der Waals surface area contributed by atoms with Crippen LogP contribution in [0.5, 0.6) is 5.75 Å². The molecule has 2 heteroatoms. The number of carbonyl (C=O) groups is 1. The van der Waals surface area contributed by atoms with Gasteiger partial charge in [-0.05, 0) is 37.1 Å². The van der Waals surface area contributed by atoms with E-state index in [1.54, 1.807) is 0 Å². The molecule has 0 aliphatic carbocycles. The molecule has 1 aromatic carbocycles. The van der Waals surface area contributed by atoms with Crippen molar-refractivity contribution in [3.8, 4) is 5.75 Å². The molecule has 0 aromatic heterocycles. The molecule has 0 heterocycles. The fourth-order valence-corrected chi connectivity index (χ4v) is 1.44. The second kappa shape index (κ2) is 7.04. The lowest BCUT2D eigenvalue weighted by Gasteiger charge is -2.05. The number of ether oxygens (including phenoxy) is 1. The van der Waals surface area contributed by atoms with E-state index in [9.17, 15) is 4.79 Å². The molecule has 0 spiro atoms. The summed E-state index contributed by atoms with van der Waals surface area (Å²) in [6, 6.07) is 7.44. The van der Waals surface area contributed by atoms with E-state index in [0.717, 1.165) is 37.2 Å². The SMILES string of the molecule is CCCCOc1ccc(C(=O)CCC)cc1. The number of unbranched alkanes of at least 4 members (excludes halogenated alkanes) is 1. The molecule has 1 aromatic rings. The Kier molecular flexibility index (Phi) is 5.62. The van der Waals surface area contributed by atoms with Crippen molar-refractivity contribution in [2.24, 2.45) is 0 Å². The molecule has 0 amide bonds. The first-order valence-electron chi connectivity index (χ1n) is 6.04. The maximum absolute atomic E-state index is 11.6. The summed E-state index contributed by atoms with van der Waals surface area (Å²) >= 11 is 0. The summed E-state index contributed by atoms with van der Waals surface area (Å²) in [5.41, 5.74) is 0.782. The van der Waals surface area contributed by atoms with Crippen molar-refractivity contribution in [3.05, 3.63) is 29.8 Å². The Balaban J connectivity index is 2.50. The maximum Gasteiger partial charge on any atom is 0.162 e. The van der Waals surface area contributed by atoms with Crippen molar-refractivity contribution < 1.29 is 9.53 Å². The molecule has 88 valence electrons. The number of hydrogen-bond acceptors (Lipinski definition) is 2. The van der Waals surface area contributed by atoms with E-state index < -0.39 is 0 Å². The zero-order valence-electron chi connectivity index (χ0n) is 10.2. The molecule has 0 atom stereocenters. The largest absolute Gasteiger partial charge is 0.494 e. The van der Waals surface area contributed by atoms with Crippen molar-refractivity contribution in [1.82, 2.24) is 0 Å². The Morgan fingerprint density at radius 1 is 1.12 bits per heavy atom. The summed E-state index contributed by atoms with van der Waals surface area (Å²) in [5, 5.41) is 0. The molecular weight excluding hydrogens is 200 g/mol. The third-order valence-corrected chi connectivity index (χ3v) is 2.42. The topological polar surface area (TPSA) is 26.3 Å². The molecule has 0 N–H and O–H groups in total. The zero-order chi connectivity index (χ0) is 11.8. The van der Waals surface area contributed by atoms with Crippen LogP contribution in [0.15, 0.2) is 24.3 Å².